The van der Waals surface area contributed by atoms with Crippen molar-refractivity contribution in [3.05, 3.63) is 71.8 Å². The first-order valence-corrected chi connectivity index (χ1v) is 9.71. The van der Waals surface area contributed by atoms with Crippen molar-refractivity contribution < 1.29 is 4.39 Å². The molecule has 1 fully saturated rings. The molecule has 1 aliphatic heterocycles. The zero-order valence-corrected chi connectivity index (χ0v) is 16.1. The lowest BCUT2D eigenvalue weighted by Crippen LogP contribution is -2.55. The number of piperidine rings is 1. The smallest absolute Gasteiger partial charge is 0.102 e. The molecule has 1 aliphatic rings. The molecular formula is C23H31FN2. The molecular weight excluding hydrogens is 323 g/mol. The minimum absolute atomic E-state index is 0.0423. The summed E-state index contributed by atoms with van der Waals surface area (Å²) in [5.41, 5.74) is 2.75. The van der Waals surface area contributed by atoms with Crippen LogP contribution >= 0.6 is 0 Å². The third-order valence-electron chi connectivity index (χ3n) is 5.65. The first-order chi connectivity index (χ1) is 12.6. The maximum atomic E-state index is 12.9. The van der Waals surface area contributed by atoms with E-state index >= 15 is 0 Å². The summed E-state index contributed by atoms with van der Waals surface area (Å²) in [6, 6.07) is 22.0. The third kappa shape index (κ3) is 4.93. The molecule has 1 heterocycles. The topological polar surface area (TPSA) is 6.48 Å². The molecule has 0 spiro atoms. The van der Waals surface area contributed by atoms with Gasteiger partial charge in [0.25, 0.3) is 0 Å². The van der Waals surface area contributed by atoms with Crippen molar-refractivity contribution in [2.24, 2.45) is 0 Å². The Balaban J connectivity index is 1.76. The summed E-state index contributed by atoms with van der Waals surface area (Å²) >= 11 is 0. The second kappa shape index (κ2) is 8.79. The number of hydrogen-bond acceptors (Lipinski definition) is 2. The number of hydrogen-bond donors (Lipinski definition) is 0. The van der Waals surface area contributed by atoms with Crippen LogP contribution in [0.3, 0.4) is 0 Å². The van der Waals surface area contributed by atoms with Gasteiger partial charge in [-0.2, -0.15) is 0 Å². The number of benzene rings is 2. The fourth-order valence-corrected chi connectivity index (χ4v) is 4.19. The molecule has 26 heavy (non-hydrogen) atoms. The van der Waals surface area contributed by atoms with E-state index in [4.69, 9.17) is 0 Å². The lowest BCUT2D eigenvalue weighted by Gasteiger charge is -2.48. The second-order valence-electron chi connectivity index (χ2n) is 8.01. The molecule has 1 saturated heterocycles. The van der Waals surface area contributed by atoms with E-state index in [1.165, 1.54) is 11.1 Å². The van der Waals surface area contributed by atoms with Crippen LogP contribution in [0.1, 0.15) is 37.8 Å². The van der Waals surface area contributed by atoms with Gasteiger partial charge >= 0.3 is 0 Å². The Morgan fingerprint density at radius 2 is 1.50 bits per heavy atom. The summed E-state index contributed by atoms with van der Waals surface area (Å²) in [6.07, 6.45) is 2.18. The predicted molar refractivity (Wildman–Crippen MR) is 107 cm³/mol. The van der Waals surface area contributed by atoms with Crippen LogP contribution in [0.25, 0.3) is 0 Å². The Morgan fingerprint density at radius 3 is 1.96 bits per heavy atom. The predicted octanol–water partition coefficient (Wildman–Crippen LogP) is 4.90. The molecule has 3 heteroatoms. The van der Waals surface area contributed by atoms with Crippen LogP contribution in [-0.2, 0) is 13.1 Å². The number of nitrogens with zero attached hydrogens (tertiary/aromatic N) is 2. The second-order valence-corrected chi connectivity index (χ2v) is 8.01. The maximum absolute atomic E-state index is 12.9. The van der Waals surface area contributed by atoms with E-state index in [0.717, 1.165) is 32.5 Å². The molecule has 2 aromatic carbocycles. The van der Waals surface area contributed by atoms with Crippen molar-refractivity contribution in [3.8, 4) is 0 Å². The first kappa shape index (κ1) is 19.1. The highest BCUT2D eigenvalue weighted by molar-refractivity contribution is 5.17. The lowest BCUT2D eigenvalue weighted by atomic mass is 9.85. The Kier molecular flexibility index (Phi) is 6.44. The van der Waals surface area contributed by atoms with E-state index in [2.05, 4.69) is 84.3 Å². The fourth-order valence-electron chi connectivity index (χ4n) is 4.19. The minimum Gasteiger partial charge on any atom is -0.295 e. The zero-order chi connectivity index (χ0) is 18.4. The highest BCUT2D eigenvalue weighted by atomic mass is 19.1. The number of alkyl halides is 1. The van der Waals surface area contributed by atoms with Gasteiger partial charge in [0.1, 0.15) is 6.67 Å². The molecule has 1 atom stereocenters. The fraction of sp³-hybridized carbons (Fsp3) is 0.478. The Hall–Kier alpha value is -1.71. The van der Waals surface area contributed by atoms with Crippen molar-refractivity contribution in [3.63, 3.8) is 0 Å². The van der Waals surface area contributed by atoms with Crippen LogP contribution in [0.4, 0.5) is 4.39 Å². The molecule has 0 aliphatic carbocycles. The standard InChI is InChI=1S/C23H31FN2/c1-23(2)17-22(13-15-26(23)16-14-24)25(18-20-9-5-3-6-10-20)19-21-11-7-4-8-12-21/h3-12,22H,13-19H2,1-2H3. The van der Waals surface area contributed by atoms with Crippen molar-refractivity contribution in [2.45, 2.75) is 51.4 Å². The van der Waals surface area contributed by atoms with E-state index in [1.807, 2.05) is 0 Å². The van der Waals surface area contributed by atoms with Gasteiger partial charge in [0, 0.05) is 37.8 Å². The molecule has 0 saturated carbocycles. The Bertz CT molecular complexity index is 615. The minimum atomic E-state index is -0.258. The molecule has 0 aromatic heterocycles. The van der Waals surface area contributed by atoms with Gasteiger partial charge in [0.05, 0.1) is 0 Å². The summed E-state index contributed by atoms with van der Waals surface area (Å²) in [6.45, 7) is 7.71. The van der Waals surface area contributed by atoms with Crippen LogP contribution in [0.15, 0.2) is 60.7 Å². The highest BCUT2D eigenvalue weighted by Crippen LogP contribution is 2.31. The highest BCUT2D eigenvalue weighted by Gasteiger charge is 2.36. The monoisotopic (exact) mass is 354 g/mol. The van der Waals surface area contributed by atoms with Crippen molar-refractivity contribution in [1.82, 2.24) is 9.80 Å². The van der Waals surface area contributed by atoms with Crippen LogP contribution in [0.5, 0.6) is 0 Å². The van der Waals surface area contributed by atoms with Gasteiger partial charge in [-0.05, 0) is 37.8 Å². The summed E-state index contributed by atoms with van der Waals surface area (Å²) in [5.74, 6) is 0. The first-order valence-electron chi connectivity index (χ1n) is 9.71. The number of likely N-dealkylation sites (tertiary alicyclic amines) is 1. The number of halogens is 1. The molecule has 3 rings (SSSR count). The quantitative estimate of drug-likeness (QED) is 0.698. The summed E-state index contributed by atoms with van der Waals surface area (Å²) in [7, 11) is 0. The third-order valence-corrected chi connectivity index (χ3v) is 5.65. The van der Waals surface area contributed by atoms with E-state index in [1.54, 1.807) is 0 Å². The lowest BCUT2D eigenvalue weighted by molar-refractivity contribution is 0.00872. The molecule has 1 unspecified atom stereocenters. The summed E-state index contributed by atoms with van der Waals surface area (Å²) in [5, 5.41) is 0. The molecule has 2 aromatic rings. The summed E-state index contributed by atoms with van der Waals surface area (Å²) in [4.78, 5) is 4.92. The van der Waals surface area contributed by atoms with Crippen LogP contribution in [0, 0.1) is 0 Å². The number of rotatable bonds is 7. The van der Waals surface area contributed by atoms with Crippen LogP contribution in [-0.4, -0.2) is 41.1 Å². The molecule has 0 bridgehead atoms. The zero-order valence-electron chi connectivity index (χ0n) is 16.1. The van der Waals surface area contributed by atoms with E-state index < -0.39 is 0 Å². The van der Waals surface area contributed by atoms with Gasteiger partial charge in [-0.1, -0.05) is 60.7 Å². The van der Waals surface area contributed by atoms with Gasteiger partial charge in [-0.3, -0.25) is 9.80 Å². The SMILES string of the molecule is CC1(C)CC(N(Cc2ccccc2)Cc2ccccc2)CCN1CCF. The largest absolute Gasteiger partial charge is 0.295 e. The van der Waals surface area contributed by atoms with Gasteiger partial charge in [-0.25, -0.2) is 4.39 Å². The van der Waals surface area contributed by atoms with Gasteiger partial charge in [0.15, 0.2) is 0 Å². The van der Waals surface area contributed by atoms with Crippen molar-refractivity contribution in [2.75, 3.05) is 19.8 Å². The van der Waals surface area contributed by atoms with Crippen LogP contribution in [0.2, 0.25) is 0 Å². The Morgan fingerprint density at radius 1 is 0.962 bits per heavy atom. The molecule has 140 valence electrons. The van der Waals surface area contributed by atoms with Crippen molar-refractivity contribution in [1.29, 1.82) is 0 Å². The summed E-state index contributed by atoms with van der Waals surface area (Å²) < 4.78 is 12.9. The molecule has 2 nitrogen and oxygen atoms in total. The van der Waals surface area contributed by atoms with Gasteiger partial charge in [0.2, 0.25) is 0 Å². The van der Waals surface area contributed by atoms with E-state index in [-0.39, 0.29) is 12.2 Å². The average molecular weight is 355 g/mol. The Labute approximate surface area is 157 Å². The van der Waals surface area contributed by atoms with Crippen LogP contribution < -0.4 is 0 Å². The average Bonchev–Trinajstić information content (AvgIpc) is 2.64. The van der Waals surface area contributed by atoms with E-state index in [9.17, 15) is 4.39 Å². The molecule has 0 amide bonds. The normalized spacial score (nSPS) is 20.4. The van der Waals surface area contributed by atoms with Crippen molar-refractivity contribution >= 4 is 0 Å². The van der Waals surface area contributed by atoms with Gasteiger partial charge in [-0.15, -0.1) is 0 Å². The molecule has 0 radical (unpaired) electrons. The molecule has 0 N–H and O–H groups in total. The maximum Gasteiger partial charge on any atom is 0.102 e. The van der Waals surface area contributed by atoms with E-state index in [0.29, 0.717) is 12.6 Å². The van der Waals surface area contributed by atoms with Gasteiger partial charge < -0.3 is 0 Å².